The minimum absolute atomic E-state index is 0.0724. The number of ether oxygens (including phenoxy) is 2. The average Bonchev–Trinajstić information content (AvgIpc) is 2.73. The fraction of sp³-hybridized carbons (Fsp3) is 0.333. The molecule has 2 aromatic carbocycles. The Balaban J connectivity index is 2.16. The number of nitrogens with zero attached hydrogens (tertiary/aromatic N) is 2. The Hall–Kier alpha value is -2.93. The summed E-state index contributed by atoms with van der Waals surface area (Å²) in [4.78, 5) is 28.7. The number of carbonyl (C=O) groups excluding carboxylic acids is 2. The molecule has 0 aromatic heterocycles. The van der Waals surface area contributed by atoms with Crippen LogP contribution < -0.4 is 19.7 Å². The van der Waals surface area contributed by atoms with Crippen LogP contribution in [0.1, 0.15) is 29.0 Å². The van der Waals surface area contributed by atoms with Crippen molar-refractivity contribution in [3.05, 3.63) is 52.5 Å². The van der Waals surface area contributed by atoms with E-state index >= 15 is 0 Å². The molecule has 1 aliphatic heterocycles. The molecule has 0 saturated carbocycles. The summed E-state index contributed by atoms with van der Waals surface area (Å²) in [5, 5.41) is 3.02. The Morgan fingerprint density at radius 1 is 1.28 bits per heavy atom. The molecule has 0 aliphatic carbocycles. The van der Waals surface area contributed by atoms with E-state index in [4.69, 9.17) is 21.1 Å². The molecule has 1 N–H and O–H groups in total. The van der Waals surface area contributed by atoms with E-state index in [2.05, 4.69) is 5.32 Å². The summed E-state index contributed by atoms with van der Waals surface area (Å²) in [6, 6.07) is 10.8. The van der Waals surface area contributed by atoms with Crippen LogP contribution in [0.5, 0.6) is 11.5 Å². The molecule has 8 heteroatoms. The number of anilines is 1. The number of fused-ring (bicyclic) bond motifs is 1. The van der Waals surface area contributed by atoms with Crippen molar-refractivity contribution in [3.8, 4) is 11.5 Å². The number of carbonyl (C=O) groups is 2. The van der Waals surface area contributed by atoms with Crippen molar-refractivity contribution >= 4 is 29.1 Å². The van der Waals surface area contributed by atoms with Crippen molar-refractivity contribution in [3.63, 3.8) is 0 Å². The van der Waals surface area contributed by atoms with Crippen LogP contribution in [-0.2, 0) is 4.79 Å². The normalized spacial score (nSPS) is 15.8. The Labute approximate surface area is 175 Å². The summed E-state index contributed by atoms with van der Waals surface area (Å²) >= 11 is 6.47. The van der Waals surface area contributed by atoms with E-state index < -0.39 is 6.17 Å². The predicted octanol–water partition coefficient (Wildman–Crippen LogP) is 3.08. The molecule has 0 saturated heterocycles. The highest BCUT2D eigenvalue weighted by atomic mass is 35.5. The summed E-state index contributed by atoms with van der Waals surface area (Å²) in [5.41, 5.74) is 1.94. The first kappa shape index (κ1) is 20.8. The zero-order valence-corrected chi connectivity index (χ0v) is 17.6. The highest BCUT2D eigenvalue weighted by Gasteiger charge is 2.37. The van der Waals surface area contributed by atoms with Gasteiger partial charge >= 0.3 is 0 Å². The Morgan fingerprint density at radius 3 is 2.66 bits per heavy atom. The Kier molecular flexibility index (Phi) is 6.17. The molecule has 1 aliphatic rings. The summed E-state index contributed by atoms with van der Waals surface area (Å²) in [5.74, 6) is 0.608. The number of rotatable bonds is 6. The van der Waals surface area contributed by atoms with Gasteiger partial charge in [-0.25, -0.2) is 0 Å². The van der Waals surface area contributed by atoms with Gasteiger partial charge in [-0.3, -0.25) is 9.59 Å². The van der Waals surface area contributed by atoms with Crippen LogP contribution in [-0.4, -0.2) is 51.1 Å². The second kappa shape index (κ2) is 8.61. The van der Waals surface area contributed by atoms with E-state index in [1.54, 1.807) is 43.3 Å². The van der Waals surface area contributed by atoms with Gasteiger partial charge in [-0.2, -0.15) is 0 Å². The van der Waals surface area contributed by atoms with Crippen molar-refractivity contribution < 1.29 is 19.1 Å². The number of para-hydroxylation sites is 1. The first-order valence-electron chi connectivity index (χ1n) is 9.26. The summed E-state index contributed by atoms with van der Waals surface area (Å²) in [6.45, 7) is 2.37. The molecular formula is C21H24ClN3O4. The van der Waals surface area contributed by atoms with E-state index in [9.17, 15) is 9.59 Å². The van der Waals surface area contributed by atoms with E-state index in [1.807, 2.05) is 24.0 Å². The summed E-state index contributed by atoms with van der Waals surface area (Å²) < 4.78 is 11.1. The van der Waals surface area contributed by atoms with Crippen LogP contribution in [0, 0.1) is 0 Å². The molecule has 1 atom stereocenters. The molecule has 0 bridgehead atoms. The summed E-state index contributed by atoms with van der Waals surface area (Å²) in [6.07, 6.45) is -0.545. The number of benzene rings is 2. The van der Waals surface area contributed by atoms with Gasteiger partial charge in [0.2, 0.25) is 5.91 Å². The molecule has 0 spiro atoms. The van der Waals surface area contributed by atoms with Crippen LogP contribution >= 0.6 is 11.6 Å². The maximum absolute atomic E-state index is 13.0. The van der Waals surface area contributed by atoms with Crippen molar-refractivity contribution in [2.24, 2.45) is 0 Å². The maximum atomic E-state index is 13.0. The largest absolute Gasteiger partial charge is 0.493 e. The van der Waals surface area contributed by atoms with Gasteiger partial charge in [0, 0.05) is 19.7 Å². The standard InChI is InChI=1S/C21H24ClN3O4/c1-5-29-19-15(22)10-13(11-17(19)28-4)20-24(3)21(27)14-8-6-7-9-16(14)25(20)12-18(26)23-2/h6-11,20H,5,12H2,1-4H3,(H,23,26). The molecule has 0 fully saturated rings. The second-order valence-corrected chi connectivity index (χ2v) is 6.98. The van der Waals surface area contributed by atoms with Gasteiger partial charge < -0.3 is 24.6 Å². The molecule has 2 aromatic rings. The van der Waals surface area contributed by atoms with Gasteiger partial charge in [0.25, 0.3) is 5.91 Å². The number of hydrogen-bond acceptors (Lipinski definition) is 5. The zero-order chi connectivity index (χ0) is 21.1. The molecule has 3 rings (SSSR count). The quantitative estimate of drug-likeness (QED) is 0.782. The number of nitrogens with one attached hydrogen (secondary N) is 1. The van der Waals surface area contributed by atoms with Gasteiger partial charge in [-0.1, -0.05) is 23.7 Å². The number of amides is 2. The molecule has 0 radical (unpaired) electrons. The number of likely N-dealkylation sites (N-methyl/N-ethyl adjacent to an activating group) is 1. The third-order valence-corrected chi connectivity index (χ3v) is 5.14. The van der Waals surface area contributed by atoms with Crippen molar-refractivity contribution in [1.29, 1.82) is 0 Å². The number of halogens is 1. The van der Waals surface area contributed by atoms with E-state index in [1.165, 1.54) is 7.11 Å². The lowest BCUT2D eigenvalue weighted by molar-refractivity contribution is -0.119. The fourth-order valence-electron chi connectivity index (χ4n) is 3.53. The van der Waals surface area contributed by atoms with Gasteiger partial charge in [0.05, 0.1) is 36.5 Å². The number of methoxy groups -OCH3 is 1. The van der Waals surface area contributed by atoms with Crippen molar-refractivity contribution in [1.82, 2.24) is 10.2 Å². The van der Waals surface area contributed by atoms with Gasteiger partial charge in [-0.15, -0.1) is 0 Å². The minimum Gasteiger partial charge on any atom is -0.493 e. The predicted molar refractivity (Wildman–Crippen MR) is 112 cm³/mol. The van der Waals surface area contributed by atoms with Crippen molar-refractivity contribution in [2.75, 3.05) is 39.3 Å². The average molecular weight is 418 g/mol. The highest BCUT2D eigenvalue weighted by Crippen LogP contribution is 2.43. The topological polar surface area (TPSA) is 71.1 Å². The lowest BCUT2D eigenvalue weighted by Crippen LogP contribution is -2.50. The Morgan fingerprint density at radius 2 is 2.00 bits per heavy atom. The van der Waals surface area contributed by atoms with Gasteiger partial charge in [0.1, 0.15) is 6.17 Å². The molecule has 29 heavy (non-hydrogen) atoms. The van der Waals surface area contributed by atoms with E-state index in [0.29, 0.717) is 39.9 Å². The molecule has 2 amide bonds. The molecule has 7 nitrogen and oxygen atoms in total. The fourth-order valence-corrected chi connectivity index (χ4v) is 3.80. The lowest BCUT2D eigenvalue weighted by Gasteiger charge is -2.44. The molecular weight excluding hydrogens is 394 g/mol. The SMILES string of the molecule is CCOc1c(Cl)cc(C2N(C)C(=O)c3ccccc3N2CC(=O)NC)cc1OC. The number of hydrogen-bond donors (Lipinski definition) is 1. The van der Waals surface area contributed by atoms with E-state index in [0.717, 1.165) is 0 Å². The van der Waals surface area contributed by atoms with E-state index in [-0.39, 0.29) is 18.4 Å². The van der Waals surface area contributed by atoms with Gasteiger partial charge in [-0.05, 0) is 31.2 Å². The highest BCUT2D eigenvalue weighted by molar-refractivity contribution is 6.32. The minimum atomic E-state index is -0.545. The van der Waals surface area contributed by atoms with Crippen molar-refractivity contribution in [2.45, 2.75) is 13.1 Å². The van der Waals surface area contributed by atoms with Crippen LogP contribution in [0.4, 0.5) is 5.69 Å². The second-order valence-electron chi connectivity index (χ2n) is 6.58. The molecule has 1 heterocycles. The van der Waals surface area contributed by atoms with Crippen LogP contribution in [0.2, 0.25) is 5.02 Å². The maximum Gasteiger partial charge on any atom is 0.257 e. The first-order chi connectivity index (χ1) is 13.9. The van der Waals surface area contributed by atoms with Gasteiger partial charge in [0.15, 0.2) is 11.5 Å². The Bertz CT molecular complexity index is 934. The molecule has 1 unspecified atom stereocenters. The monoisotopic (exact) mass is 417 g/mol. The third-order valence-electron chi connectivity index (χ3n) is 4.86. The summed E-state index contributed by atoms with van der Waals surface area (Å²) in [7, 11) is 4.82. The zero-order valence-electron chi connectivity index (χ0n) is 16.9. The molecule has 154 valence electrons. The smallest absolute Gasteiger partial charge is 0.257 e. The first-order valence-corrected chi connectivity index (χ1v) is 9.64. The van der Waals surface area contributed by atoms with Crippen LogP contribution in [0.15, 0.2) is 36.4 Å². The van der Waals surface area contributed by atoms with Crippen LogP contribution in [0.3, 0.4) is 0 Å². The lowest BCUT2D eigenvalue weighted by atomic mass is 10.0. The van der Waals surface area contributed by atoms with Crippen LogP contribution in [0.25, 0.3) is 0 Å². The third kappa shape index (κ3) is 3.82.